The van der Waals surface area contributed by atoms with Gasteiger partial charge in [0.05, 0.1) is 19.1 Å². The molecule has 80 valence electrons. The summed E-state index contributed by atoms with van der Waals surface area (Å²) in [6.45, 7) is 2.64. The van der Waals surface area contributed by atoms with Gasteiger partial charge in [0.15, 0.2) is 0 Å². The first-order valence-corrected chi connectivity index (χ1v) is 4.54. The van der Waals surface area contributed by atoms with E-state index < -0.39 is 0 Å². The summed E-state index contributed by atoms with van der Waals surface area (Å²) < 4.78 is 4.99. The van der Waals surface area contributed by atoms with Gasteiger partial charge in [0.1, 0.15) is 6.61 Å². The number of nitriles is 1. The van der Waals surface area contributed by atoms with E-state index in [0.717, 1.165) is 0 Å². The van der Waals surface area contributed by atoms with Gasteiger partial charge < -0.3 is 15.4 Å². The minimum Gasteiger partial charge on any atom is -0.370 e. The van der Waals surface area contributed by atoms with Gasteiger partial charge in [-0.05, 0) is 6.92 Å². The first kappa shape index (κ1) is 12.9. The van der Waals surface area contributed by atoms with Crippen molar-refractivity contribution in [2.75, 3.05) is 26.8 Å². The normalized spacial score (nSPS) is 11.9. The zero-order valence-electron chi connectivity index (χ0n) is 8.69. The van der Waals surface area contributed by atoms with E-state index in [0.29, 0.717) is 19.6 Å². The molecule has 2 N–H and O–H groups in total. The molecule has 0 spiro atoms. The number of likely N-dealkylation sites (N-methyl/N-ethyl adjacent to an activating group) is 1. The quantitative estimate of drug-likeness (QED) is 0.597. The maximum absolute atomic E-state index is 11.4. The Labute approximate surface area is 84.4 Å². The van der Waals surface area contributed by atoms with Crippen LogP contribution in [0.25, 0.3) is 0 Å². The summed E-state index contributed by atoms with van der Waals surface area (Å²) in [5, 5.41) is 8.45. The van der Waals surface area contributed by atoms with Crippen molar-refractivity contribution < 1.29 is 9.53 Å². The fraction of sp³-hybridized carbons (Fsp3) is 0.778. The second kappa shape index (κ2) is 7.30. The van der Waals surface area contributed by atoms with Crippen molar-refractivity contribution in [1.29, 1.82) is 5.26 Å². The van der Waals surface area contributed by atoms with Crippen molar-refractivity contribution >= 4 is 5.91 Å². The van der Waals surface area contributed by atoms with Gasteiger partial charge in [0.2, 0.25) is 5.91 Å². The maximum atomic E-state index is 11.4. The highest BCUT2D eigenvalue weighted by Crippen LogP contribution is 2.00. The number of hydrogen-bond donors (Lipinski definition) is 1. The summed E-state index contributed by atoms with van der Waals surface area (Å²) in [6, 6.07) is 1.94. The van der Waals surface area contributed by atoms with Crippen LogP contribution < -0.4 is 5.73 Å². The third-order valence-corrected chi connectivity index (χ3v) is 1.93. The van der Waals surface area contributed by atoms with Crippen LogP contribution >= 0.6 is 0 Å². The first-order chi connectivity index (χ1) is 6.63. The summed E-state index contributed by atoms with van der Waals surface area (Å²) in [6.07, 6.45) is 0.332. The third kappa shape index (κ3) is 4.80. The number of nitrogens with zero attached hydrogens (tertiary/aromatic N) is 2. The predicted molar refractivity (Wildman–Crippen MR) is 52.3 cm³/mol. The van der Waals surface area contributed by atoms with Gasteiger partial charge in [0.25, 0.3) is 0 Å². The molecule has 1 unspecified atom stereocenters. The summed E-state index contributed by atoms with van der Waals surface area (Å²) in [5.41, 5.74) is 5.21. The predicted octanol–water partition coefficient (Wildman–Crippen LogP) is -0.278. The Morgan fingerprint density at radius 1 is 1.71 bits per heavy atom. The van der Waals surface area contributed by atoms with Crippen molar-refractivity contribution in [2.45, 2.75) is 19.4 Å². The van der Waals surface area contributed by atoms with E-state index in [4.69, 9.17) is 15.7 Å². The molecule has 0 radical (unpaired) electrons. The van der Waals surface area contributed by atoms with Crippen LogP contribution in [-0.4, -0.2) is 43.7 Å². The molecule has 14 heavy (non-hydrogen) atoms. The van der Waals surface area contributed by atoms with Crippen molar-refractivity contribution in [3.05, 3.63) is 0 Å². The Bertz CT molecular complexity index is 213. The number of ether oxygens (including phenoxy) is 1. The van der Waals surface area contributed by atoms with Gasteiger partial charge >= 0.3 is 0 Å². The van der Waals surface area contributed by atoms with E-state index in [9.17, 15) is 4.79 Å². The van der Waals surface area contributed by atoms with Crippen LogP contribution in [0, 0.1) is 11.3 Å². The lowest BCUT2D eigenvalue weighted by atomic mass is 10.2. The van der Waals surface area contributed by atoms with Crippen molar-refractivity contribution in [3.63, 3.8) is 0 Å². The fourth-order valence-corrected chi connectivity index (χ4v) is 0.859. The van der Waals surface area contributed by atoms with Gasteiger partial charge in [-0.1, -0.05) is 0 Å². The molecule has 1 amide bonds. The van der Waals surface area contributed by atoms with Crippen molar-refractivity contribution in [3.8, 4) is 6.07 Å². The van der Waals surface area contributed by atoms with E-state index in [2.05, 4.69) is 0 Å². The fourth-order valence-electron chi connectivity index (χ4n) is 0.859. The smallest absolute Gasteiger partial charge is 0.248 e. The molecule has 0 bridgehead atoms. The summed E-state index contributed by atoms with van der Waals surface area (Å²) in [5.74, 6) is -0.124. The maximum Gasteiger partial charge on any atom is 0.248 e. The molecule has 0 saturated carbocycles. The standard InChI is InChI=1S/C9H17N3O2/c1-8(3-4-10)12(2)9(13)7-14-6-5-11/h8H,3,5-7,11H2,1-2H3. The molecule has 0 aliphatic heterocycles. The number of amides is 1. The van der Waals surface area contributed by atoms with E-state index in [-0.39, 0.29) is 18.6 Å². The minimum atomic E-state index is -0.124. The highest BCUT2D eigenvalue weighted by atomic mass is 16.5. The lowest BCUT2D eigenvalue weighted by molar-refractivity contribution is -0.136. The van der Waals surface area contributed by atoms with Crippen LogP contribution in [0.3, 0.4) is 0 Å². The number of carbonyl (C=O) groups is 1. The summed E-state index contributed by atoms with van der Waals surface area (Å²) in [4.78, 5) is 12.9. The highest BCUT2D eigenvalue weighted by Gasteiger charge is 2.14. The minimum absolute atomic E-state index is 0.0312. The number of hydrogen-bond acceptors (Lipinski definition) is 4. The number of rotatable bonds is 6. The summed E-state index contributed by atoms with van der Waals surface area (Å²) in [7, 11) is 1.66. The number of nitrogens with two attached hydrogens (primary N) is 1. The van der Waals surface area contributed by atoms with E-state index in [1.165, 1.54) is 4.90 Å². The Morgan fingerprint density at radius 2 is 2.36 bits per heavy atom. The van der Waals surface area contributed by atoms with Crippen LogP contribution in [0.4, 0.5) is 0 Å². The number of carbonyl (C=O) groups excluding carboxylic acids is 1. The SMILES string of the molecule is CC(CC#N)N(C)C(=O)COCCN. The average molecular weight is 199 g/mol. The molecule has 0 aromatic rings. The lowest BCUT2D eigenvalue weighted by Gasteiger charge is -2.22. The zero-order chi connectivity index (χ0) is 11.0. The van der Waals surface area contributed by atoms with E-state index in [1.807, 2.05) is 13.0 Å². The van der Waals surface area contributed by atoms with Crippen LogP contribution in [0.15, 0.2) is 0 Å². The van der Waals surface area contributed by atoms with Crippen molar-refractivity contribution in [2.24, 2.45) is 5.73 Å². The van der Waals surface area contributed by atoms with Gasteiger partial charge in [-0.3, -0.25) is 4.79 Å². The van der Waals surface area contributed by atoms with Gasteiger partial charge in [0, 0.05) is 19.6 Å². The molecule has 0 heterocycles. The molecule has 0 aromatic carbocycles. The molecule has 0 aliphatic rings. The van der Waals surface area contributed by atoms with Crippen LogP contribution in [-0.2, 0) is 9.53 Å². The van der Waals surface area contributed by atoms with E-state index >= 15 is 0 Å². The molecule has 0 aromatic heterocycles. The molecular formula is C9H17N3O2. The monoisotopic (exact) mass is 199 g/mol. The molecule has 0 rings (SSSR count). The first-order valence-electron chi connectivity index (χ1n) is 4.54. The van der Waals surface area contributed by atoms with Crippen LogP contribution in [0.1, 0.15) is 13.3 Å². The molecule has 5 heteroatoms. The van der Waals surface area contributed by atoms with Crippen LogP contribution in [0.2, 0.25) is 0 Å². The molecule has 0 saturated heterocycles. The highest BCUT2D eigenvalue weighted by molar-refractivity contribution is 5.77. The topological polar surface area (TPSA) is 79.3 Å². The zero-order valence-corrected chi connectivity index (χ0v) is 8.69. The Morgan fingerprint density at radius 3 is 2.86 bits per heavy atom. The Hall–Kier alpha value is -1.12. The van der Waals surface area contributed by atoms with Crippen molar-refractivity contribution in [1.82, 2.24) is 4.90 Å². The molecule has 0 fully saturated rings. The molecular weight excluding hydrogens is 182 g/mol. The molecule has 5 nitrogen and oxygen atoms in total. The van der Waals surface area contributed by atoms with Gasteiger partial charge in [-0.15, -0.1) is 0 Å². The molecule has 0 aliphatic carbocycles. The Kier molecular flexibility index (Phi) is 6.72. The second-order valence-electron chi connectivity index (χ2n) is 3.06. The van der Waals surface area contributed by atoms with E-state index in [1.54, 1.807) is 7.05 Å². The van der Waals surface area contributed by atoms with Gasteiger partial charge in [-0.2, -0.15) is 5.26 Å². The van der Waals surface area contributed by atoms with Gasteiger partial charge in [-0.25, -0.2) is 0 Å². The van der Waals surface area contributed by atoms with Crippen LogP contribution in [0.5, 0.6) is 0 Å². The third-order valence-electron chi connectivity index (χ3n) is 1.93. The average Bonchev–Trinajstić information content (AvgIpc) is 2.17. The summed E-state index contributed by atoms with van der Waals surface area (Å²) >= 11 is 0. The second-order valence-corrected chi connectivity index (χ2v) is 3.06. The molecule has 1 atom stereocenters. The lowest BCUT2D eigenvalue weighted by Crippen LogP contribution is -2.37. The Balaban J connectivity index is 3.81. The largest absolute Gasteiger partial charge is 0.370 e.